The van der Waals surface area contributed by atoms with Gasteiger partial charge in [0.05, 0.1) is 6.33 Å². The Morgan fingerprint density at radius 1 is 1.67 bits per heavy atom. The Labute approximate surface area is 64.6 Å². The van der Waals surface area contributed by atoms with Gasteiger partial charge in [0.2, 0.25) is 5.71 Å². The third-order valence-electron chi connectivity index (χ3n) is 1.08. The van der Waals surface area contributed by atoms with Crippen molar-refractivity contribution < 1.29 is 4.42 Å². The van der Waals surface area contributed by atoms with Gasteiger partial charge in [-0.2, -0.15) is 0 Å². The summed E-state index contributed by atoms with van der Waals surface area (Å²) in [4.78, 5) is 6.84. The third kappa shape index (κ3) is 0.735. The molecule has 0 spiro atoms. The highest BCUT2D eigenvalue weighted by molar-refractivity contribution is 14.1. The number of halogens is 1. The van der Waals surface area contributed by atoms with Crippen LogP contribution in [0.25, 0.3) is 11.2 Å². The molecule has 2 heterocycles. The Morgan fingerprint density at radius 2 is 2.56 bits per heavy atom. The zero-order chi connectivity index (χ0) is 6.27. The molecular formula is C5H3IN2O. The number of fused-ring (bicyclic) bond motifs is 1. The van der Waals surface area contributed by atoms with Gasteiger partial charge in [-0.1, -0.05) is 0 Å². The van der Waals surface area contributed by atoms with Crippen LogP contribution in [0.5, 0.6) is 0 Å². The fraction of sp³-hybridized carbons (Fsp3) is 0. The molecule has 0 atom stereocenters. The van der Waals surface area contributed by atoms with Crippen LogP contribution in [0.3, 0.4) is 0 Å². The monoisotopic (exact) mass is 234 g/mol. The SMILES string of the molecule is Ic1cc2[nH]cnc2o1. The van der Waals surface area contributed by atoms with E-state index in [9.17, 15) is 0 Å². The van der Waals surface area contributed by atoms with E-state index in [1.54, 1.807) is 6.33 Å². The van der Waals surface area contributed by atoms with Crippen molar-refractivity contribution in [2.75, 3.05) is 0 Å². The Balaban J connectivity index is 2.92. The number of imidazole rings is 1. The molecule has 0 aliphatic carbocycles. The van der Waals surface area contributed by atoms with Crippen molar-refractivity contribution in [1.29, 1.82) is 0 Å². The van der Waals surface area contributed by atoms with Crippen LogP contribution in [-0.2, 0) is 0 Å². The van der Waals surface area contributed by atoms with Crippen LogP contribution >= 0.6 is 22.6 Å². The number of hydrogen-bond acceptors (Lipinski definition) is 2. The van der Waals surface area contributed by atoms with Crippen LogP contribution in [0.2, 0.25) is 0 Å². The van der Waals surface area contributed by atoms with Crippen molar-refractivity contribution in [3.8, 4) is 0 Å². The molecule has 0 aliphatic rings. The summed E-state index contributed by atoms with van der Waals surface area (Å²) in [6.07, 6.45) is 1.62. The average molecular weight is 234 g/mol. The first-order valence-corrected chi connectivity index (χ1v) is 3.52. The summed E-state index contributed by atoms with van der Waals surface area (Å²) >= 11 is 2.10. The van der Waals surface area contributed by atoms with Crippen LogP contribution in [0, 0.1) is 3.77 Å². The molecule has 0 aliphatic heterocycles. The van der Waals surface area contributed by atoms with Gasteiger partial charge in [0.15, 0.2) is 3.77 Å². The van der Waals surface area contributed by atoms with Gasteiger partial charge in [0.1, 0.15) is 5.52 Å². The molecule has 3 nitrogen and oxygen atoms in total. The molecule has 1 N–H and O–H groups in total. The molecule has 4 heteroatoms. The first kappa shape index (κ1) is 5.28. The molecule has 0 fully saturated rings. The van der Waals surface area contributed by atoms with Crippen LogP contribution in [0.4, 0.5) is 0 Å². The van der Waals surface area contributed by atoms with Gasteiger partial charge in [-0.3, -0.25) is 0 Å². The lowest BCUT2D eigenvalue weighted by Crippen LogP contribution is -1.56. The Hall–Kier alpha value is -0.520. The molecule has 0 radical (unpaired) electrons. The molecule has 0 unspecified atom stereocenters. The zero-order valence-electron chi connectivity index (χ0n) is 4.39. The topological polar surface area (TPSA) is 41.8 Å². The largest absolute Gasteiger partial charge is 0.430 e. The molecular weight excluding hydrogens is 231 g/mol. The standard InChI is InChI=1S/C5H3IN2O/c6-4-1-3-5(9-4)8-2-7-3/h1-2H,(H,7,8). The normalized spacial score (nSPS) is 10.8. The lowest BCUT2D eigenvalue weighted by Gasteiger charge is -1.70. The van der Waals surface area contributed by atoms with Gasteiger partial charge >= 0.3 is 0 Å². The molecule has 0 aromatic carbocycles. The third-order valence-corrected chi connectivity index (χ3v) is 1.62. The highest BCUT2D eigenvalue weighted by Gasteiger charge is 2.00. The lowest BCUT2D eigenvalue weighted by molar-refractivity contribution is 0.573. The molecule has 2 aromatic heterocycles. The molecule has 9 heavy (non-hydrogen) atoms. The van der Waals surface area contributed by atoms with Crippen LogP contribution in [0.1, 0.15) is 0 Å². The fourth-order valence-corrected chi connectivity index (χ4v) is 1.23. The number of rotatable bonds is 0. The van der Waals surface area contributed by atoms with Crippen LogP contribution in [-0.4, -0.2) is 9.97 Å². The van der Waals surface area contributed by atoms with E-state index >= 15 is 0 Å². The van der Waals surface area contributed by atoms with Crippen molar-refractivity contribution in [3.63, 3.8) is 0 Å². The molecule has 0 amide bonds. The first-order chi connectivity index (χ1) is 4.36. The highest BCUT2D eigenvalue weighted by Crippen LogP contribution is 2.15. The van der Waals surface area contributed by atoms with E-state index in [4.69, 9.17) is 4.42 Å². The average Bonchev–Trinajstić information content (AvgIpc) is 2.22. The summed E-state index contributed by atoms with van der Waals surface area (Å²) in [5, 5.41) is 0. The molecule has 2 aromatic rings. The van der Waals surface area contributed by atoms with Gasteiger partial charge in [0, 0.05) is 6.07 Å². The van der Waals surface area contributed by atoms with Crippen molar-refractivity contribution >= 4 is 33.8 Å². The summed E-state index contributed by atoms with van der Waals surface area (Å²) in [7, 11) is 0. The van der Waals surface area contributed by atoms with E-state index in [0.717, 1.165) is 9.28 Å². The van der Waals surface area contributed by atoms with Crippen molar-refractivity contribution in [2.24, 2.45) is 0 Å². The maximum absolute atomic E-state index is 5.15. The number of H-pyrrole nitrogens is 1. The summed E-state index contributed by atoms with van der Waals surface area (Å²) in [6, 6.07) is 1.91. The molecule has 46 valence electrons. The maximum atomic E-state index is 5.15. The minimum atomic E-state index is 0.680. The van der Waals surface area contributed by atoms with Gasteiger partial charge < -0.3 is 9.40 Å². The first-order valence-electron chi connectivity index (χ1n) is 2.45. The quantitative estimate of drug-likeness (QED) is 0.705. The molecule has 0 bridgehead atoms. The van der Waals surface area contributed by atoms with Gasteiger partial charge in [-0.25, -0.2) is 4.98 Å². The van der Waals surface area contributed by atoms with Crippen molar-refractivity contribution in [1.82, 2.24) is 9.97 Å². The van der Waals surface area contributed by atoms with E-state index in [0.29, 0.717) is 5.71 Å². The Morgan fingerprint density at radius 3 is 3.33 bits per heavy atom. The minimum Gasteiger partial charge on any atom is -0.430 e. The summed E-state index contributed by atoms with van der Waals surface area (Å²) in [5.74, 6) is 0. The second-order valence-corrected chi connectivity index (χ2v) is 2.74. The second-order valence-electron chi connectivity index (χ2n) is 1.67. The number of hydrogen-bond donors (Lipinski definition) is 1. The van der Waals surface area contributed by atoms with E-state index in [1.807, 2.05) is 6.07 Å². The molecule has 0 saturated heterocycles. The van der Waals surface area contributed by atoms with E-state index in [-0.39, 0.29) is 0 Å². The van der Waals surface area contributed by atoms with Gasteiger partial charge in [-0.05, 0) is 22.6 Å². The van der Waals surface area contributed by atoms with Crippen LogP contribution < -0.4 is 0 Å². The fourth-order valence-electron chi connectivity index (χ4n) is 0.712. The Kier molecular flexibility index (Phi) is 1.01. The lowest BCUT2D eigenvalue weighted by atomic mass is 10.6. The van der Waals surface area contributed by atoms with Crippen molar-refractivity contribution in [3.05, 3.63) is 16.2 Å². The predicted octanol–water partition coefficient (Wildman–Crippen LogP) is 1.76. The maximum Gasteiger partial charge on any atom is 0.245 e. The Bertz CT molecular complexity index is 296. The number of aromatic nitrogens is 2. The number of furan rings is 1. The molecule has 2 rings (SSSR count). The summed E-state index contributed by atoms with van der Waals surface area (Å²) < 4.78 is 6.02. The smallest absolute Gasteiger partial charge is 0.245 e. The number of nitrogens with one attached hydrogen (secondary N) is 1. The number of nitrogens with zero attached hydrogens (tertiary/aromatic N) is 1. The summed E-state index contributed by atoms with van der Waals surface area (Å²) in [6.45, 7) is 0. The van der Waals surface area contributed by atoms with E-state index in [1.165, 1.54) is 0 Å². The minimum absolute atomic E-state index is 0.680. The van der Waals surface area contributed by atoms with Crippen LogP contribution in [0.15, 0.2) is 16.8 Å². The van der Waals surface area contributed by atoms with Gasteiger partial charge in [0.25, 0.3) is 0 Å². The zero-order valence-corrected chi connectivity index (χ0v) is 6.55. The second kappa shape index (κ2) is 1.73. The molecule has 0 saturated carbocycles. The van der Waals surface area contributed by atoms with Crippen molar-refractivity contribution in [2.45, 2.75) is 0 Å². The predicted molar refractivity (Wildman–Crippen MR) is 41.1 cm³/mol. The summed E-state index contributed by atoms with van der Waals surface area (Å²) in [5.41, 5.74) is 1.64. The van der Waals surface area contributed by atoms with E-state index < -0.39 is 0 Å². The number of aromatic amines is 1. The van der Waals surface area contributed by atoms with Gasteiger partial charge in [-0.15, -0.1) is 0 Å². The highest BCUT2D eigenvalue weighted by atomic mass is 127. The van der Waals surface area contributed by atoms with E-state index in [2.05, 4.69) is 32.6 Å².